The molecule has 17 heavy (non-hydrogen) atoms. The van der Waals surface area contributed by atoms with Gasteiger partial charge in [-0.15, -0.1) is 0 Å². The minimum absolute atomic E-state index is 0.326. The van der Waals surface area contributed by atoms with E-state index < -0.39 is 0 Å². The highest BCUT2D eigenvalue weighted by atomic mass is 16.5. The van der Waals surface area contributed by atoms with Gasteiger partial charge in [-0.05, 0) is 30.7 Å². The summed E-state index contributed by atoms with van der Waals surface area (Å²) in [5, 5.41) is 0. The van der Waals surface area contributed by atoms with E-state index in [9.17, 15) is 4.79 Å². The van der Waals surface area contributed by atoms with Crippen molar-refractivity contribution in [2.75, 3.05) is 7.11 Å². The van der Waals surface area contributed by atoms with Crippen LogP contribution < -0.4 is 0 Å². The Morgan fingerprint density at radius 2 is 1.82 bits per heavy atom. The number of hydrogen-bond donors (Lipinski definition) is 0. The molecule has 0 N–H and O–H groups in total. The standard InChI is InChI=1S/C14H13NO2/c1-10-3-8-13(15-9-10)11-4-6-12(7-5-11)14(16)17-2/h3-9H,1-2H3. The number of carbonyl (C=O) groups excluding carboxylic acids is 1. The Balaban J connectivity index is 2.29. The van der Waals surface area contributed by atoms with Gasteiger partial charge in [0.25, 0.3) is 0 Å². The van der Waals surface area contributed by atoms with Crippen LogP contribution in [0.5, 0.6) is 0 Å². The molecule has 3 heteroatoms. The second-order valence-corrected chi connectivity index (χ2v) is 3.79. The molecular formula is C14H13NO2. The summed E-state index contributed by atoms with van der Waals surface area (Å²) in [4.78, 5) is 15.6. The average molecular weight is 227 g/mol. The Hall–Kier alpha value is -2.16. The van der Waals surface area contributed by atoms with Crippen LogP contribution >= 0.6 is 0 Å². The zero-order chi connectivity index (χ0) is 12.3. The van der Waals surface area contributed by atoms with Gasteiger partial charge in [0, 0.05) is 11.8 Å². The number of benzene rings is 1. The van der Waals surface area contributed by atoms with Crippen molar-refractivity contribution in [1.29, 1.82) is 0 Å². The largest absolute Gasteiger partial charge is 0.465 e. The third-order valence-corrected chi connectivity index (χ3v) is 2.51. The number of aryl methyl sites for hydroxylation is 1. The summed E-state index contributed by atoms with van der Waals surface area (Å²) in [5.41, 5.74) is 3.55. The molecule has 0 aliphatic rings. The maximum Gasteiger partial charge on any atom is 0.337 e. The molecule has 0 saturated carbocycles. The smallest absolute Gasteiger partial charge is 0.337 e. The normalized spacial score (nSPS) is 10.0. The summed E-state index contributed by atoms with van der Waals surface area (Å²) in [7, 11) is 1.37. The molecule has 0 unspecified atom stereocenters. The highest BCUT2D eigenvalue weighted by Gasteiger charge is 2.05. The van der Waals surface area contributed by atoms with Gasteiger partial charge in [0.1, 0.15) is 0 Å². The lowest BCUT2D eigenvalue weighted by Gasteiger charge is -2.03. The van der Waals surface area contributed by atoms with E-state index in [1.807, 2.05) is 37.4 Å². The number of carbonyl (C=O) groups is 1. The Morgan fingerprint density at radius 3 is 2.35 bits per heavy atom. The van der Waals surface area contributed by atoms with Crippen LogP contribution in [0.3, 0.4) is 0 Å². The van der Waals surface area contributed by atoms with Gasteiger partial charge in [-0.1, -0.05) is 18.2 Å². The number of esters is 1. The molecule has 3 nitrogen and oxygen atoms in total. The Morgan fingerprint density at radius 1 is 1.12 bits per heavy atom. The first-order chi connectivity index (χ1) is 8.20. The molecule has 0 saturated heterocycles. The number of aromatic nitrogens is 1. The van der Waals surface area contributed by atoms with Gasteiger partial charge in [0.05, 0.1) is 18.4 Å². The summed E-state index contributed by atoms with van der Waals surface area (Å²) in [5.74, 6) is -0.326. The van der Waals surface area contributed by atoms with E-state index in [0.29, 0.717) is 5.56 Å². The number of pyridine rings is 1. The molecule has 86 valence electrons. The van der Waals surface area contributed by atoms with Crippen LogP contribution in [0.15, 0.2) is 42.6 Å². The average Bonchev–Trinajstić information content (AvgIpc) is 2.39. The fourth-order valence-electron chi connectivity index (χ4n) is 1.53. The summed E-state index contributed by atoms with van der Waals surface area (Å²) in [6.45, 7) is 2.00. The maximum atomic E-state index is 11.3. The highest BCUT2D eigenvalue weighted by Crippen LogP contribution is 2.17. The van der Waals surface area contributed by atoms with Crippen molar-refractivity contribution in [3.63, 3.8) is 0 Å². The fraction of sp³-hybridized carbons (Fsp3) is 0.143. The summed E-state index contributed by atoms with van der Waals surface area (Å²) in [6.07, 6.45) is 1.82. The van der Waals surface area contributed by atoms with Gasteiger partial charge >= 0.3 is 5.97 Å². The number of hydrogen-bond acceptors (Lipinski definition) is 3. The van der Waals surface area contributed by atoms with E-state index in [4.69, 9.17) is 0 Å². The monoisotopic (exact) mass is 227 g/mol. The molecular weight excluding hydrogens is 214 g/mol. The van der Waals surface area contributed by atoms with Gasteiger partial charge in [-0.25, -0.2) is 4.79 Å². The van der Waals surface area contributed by atoms with E-state index >= 15 is 0 Å². The van der Waals surface area contributed by atoms with E-state index in [0.717, 1.165) is 16.8 Å². The topological polar surface area (TPSA) is 39.2 Å². The number of methoxy groups -OCH3 is 1. The van der Waals surface area contributed by atoms with Crippen molar-refractivity contribution in [1.82, 2.24) is 4.98 Å². The molecule has 0 radical (unpaired) electrons. The number of ether oxygens (including phenoxy) is 1. The summed E-state index contributed by atoms with van der Waals surface area (Å²) in [6, 6.07) is 11.2. The first-order valence-corrected chi connectivity index (χ1v) is 5.32. The molecule has 1 heterocycles. The van der Waals surface area contributed by atoms with Crippen LogP contribution in [-0.2, 0) is 4.74 Å². The Labute approximate surface area is 100 Å². The molecule has 0 fully saturated rings. The minimum atomic E-state index is -0.326. The lowest BCUT2D eigenvalue weighted by molar-refractivity contribution is 0.0601. The van der Waals surface area contributed by atoms with Crippen molar-refractivity contribution < 1.29 is 9.53 Å². The lowest BCUT2D eigenvalue weighted by Crippen LogP contribution is -2.00. The zero-order valence-electron chi connectivity index (χ0n) is 9.81. The molecule has 2 rings (SSSR count). The highest BCUT2D eigenvalue weighted by molar-refractivity contribution is 5.89. The summed E-state index contributed by atoms with van der Waals surface area (Å²) < 4.78 is 4.64. The molecule has 0 spiro atoms. The van der Waals surface area contributed by atoms with Gasteiger partial charge in [-0.3, -0.25) is 4.98 Å². The van der Waals surface area contributed by atoms with Crippen LogP contribution in [0.25, 0.3) is 11.3 Å². The van der Waals surface area contributed by atoms with Crippen LogP contribution in [0.2, 0.25) is 0 Å². The van der Waals surface area contributed by atoms with Gasteiger partial charge in [-0.2, -0.15) is 0 Å². The SMILES string of the molecule is COC(=O)c1ccc(-c2ccc(C)cn2)cc1. The van der Waals surface area contributed by atoms with Crippen molar-refractivity contribution in [3.8, 4) is 11.3 Å². The first kappa shape index (κ1) is 11.3. The zero-order valence-corrected chi connectivity index (χ0v) is 9.81. The van der Waals surface area contributed by atoms with E-state index in [1.54, 1.807) is 12.1 Å². The molecule has 1 aromatic carbocycles. The maximum absolute atomic E-state index is 11.3. The molecule has 0 aliphatic carbocycles. The van der Waals surface area contributed by atoms with Crippen LogP contribution in [0.4, 0.5) is 0 Å². The van der Waals surface area contributed by atoms with Crippen molar-refractivity contribution >= 4 is 5.97 Å². The van der Waals surface area contributed by atoms with Gasteiger partial charge < -0.3 is 4.74 Å². The van der Waals surface area contributed by atoms with Crippen molar-refractivity contribution in [3.05, 3.63) is 53.7 Å². The van der Waals surface area contributed by atoms with Crippen LogP contribution in [0, 0.1) is 6.92 Å². The molecule has 0 aliphatic heterocycles. The third kappa shape index (κ3) is 2.50. The summed E-state index contributed by atoms with van der Waals surface area (Å²) >= 11 is 0. The molecule has 0 atom stereocenters. The minimum Gasteiger partial charge on any atom is -0.465 e. The van der Waals surface area contributed by atoms with Crippen LogP contribution in [0.1, 0.15) is 15.9 Å². The predicted molar refractivity (Wildman–Crippen MR) is 65.7 cm³/mol. The molecule has 0 amide bonds. The lowest BCUT2D eigenvalue weighted by atomic mass is 10.1. The first-order valence-electron chi connectivity index (χ1n) is 5.32. The van der Waals surface area contributed by atoms with E-state index in [-0.39, 0.29) is 5.97 Å². The molecule has 0 bridgehead atoms. The molecule has 1 aromatic heterocycles. The fourth-order valence-corrected chi connectivity index (χ4v) is 1.53. The Kier molecular flexibility index (Phi) is 3.19. The third-order valence-electron chi connectivity index (χ3n) is 2.51. The molecule has 2 aromatic rings. The van der Waals surface area contributed by atoms with E-state index in [1.165, 1.54) is 7.11 Å². The number of nitrogens with zero attached hydrogens (tertiary/aromatic N) is 1. The number of rotatable bonds is 2. The van der Waals surface area contributed by atoms with Crippen molar-refractivity contribution in [2.45, 2.75) is 6.92 Å². The second kappa shape index (κ2) is 4.78. The Bertz CT molecular complexity index is 515. The quantitative estimate of drug-likeness (QED) is 0.740. The van der Waals surface area contributed by atoms with Gasteiger partial charge in [0.2, 0.25) is 0 Å². The second-order valence-electron chi connectivity index (χ2n) is 3.79. The predicted octanol–water partition coefficient (Wildman–Crippen LogP) is 2.84. The van der Waals surface area contributed by atoms with Gasteiger partial charge in [0.15, 0.2) is 0 Å². The van der Waals surface area contributed by atoms with Crippen LogP contribution in [-0.4, -0.2) is 18.1 Å². The van der Waals surface area contributed by atoms with Crippen molar-refractivity contribution in [2.24, 2.45) is 0 Å². The van der Waals surface area contributed by atoms with E-state index in [2.05, 4.69) is 9.72 Å².